The van der Waals surface area contributed by atoms with Crippen LogP contribution in [-0.2, 0) is 11.2 Å². The minimum absolute atomic E-state index is 0.235. The van der Waals surface area contributed by atoms with Crippen molar-refractivity contribution in [1.29, 1.82) is 0 Å². The van der Waals surface area contributed by atoms with Crippen LogP contribution in [0.15, 0.2) is 18.2 Å². The molecule has 21 heavy (non-hydrogen) atoms. The van der Waals surface area contributed by atoms with E-state index in [-0.39, 0.29) is 6.10 Å². The maximum Gasteiger partial charge on any atom is 0.0858 e. The molecule has 0 radical (unpaired) electrons. The van der Waals surface area contributed by atoms with Crippen LogP contribution in [0, 0.1) is 0 Å². The van der Waals surface area contributed by atoms with E-state index in [9.17, 15) is 0 Å². The largest absolute Gasteiger partial charge is 0.374 e. The van der Waals surface area contributed by atoms with Gasteiger partial charge in [0.25, 0.3) is 0 Å². The zero-order valence-electron chi connectivity index (χ0n) is 12.3. The lowest BCUT2D eigenvalue weighted by Crippen LogP contribution is -2.54. The Morgan fingerprint density at radius 2 is 2.24 bits per heavy atom. The second kappa shape index (κ2) is 6.84. The Morgan fingerprint density at radius 1 is 1.38 bits per heavy atom. The molecule has 3 nitrogen and oxygen atoms in total. The van der Waals surface area contributed by atoms with Crippen LogP contribution in [0.25, 0.3) is 0 Å². The molecule has 0 amide bonds. The highest BCUT2D eigenvalue weighted by atomic mass is 35.5. The number of hydrogen-bond donors (Lipinski definition) is 1. The van der Waals surface area contributed by atoms with Crippen molar-refractivity contribution >= 4 is 23.2 Å². The molecule has 2 fully saturated rings. The number of hydrogen-bond acceptors (Lipinski definition) is 3. The Hall–Kier alpha value is -0.320. The summed E-state index contributed by atoms with van der Waals surface area (Å²) in [6.45, 7) is 3.11. The number of ether oxygens (including phenoxy) is 1. The highest BCUT2D eigenvalue weighted by Crippen LogP contribution is 2.26. The Morgan fingerprint density at radius 3 is 3.00 bits per heavy atom. The molecule has 0 aromatic heterocycles. The van der Waals surface area contributed by atoms with Gasteiger partial charge in [-0.05, 0) is 50.6 Å². The fourth-order valence-electron chi connectivity index (χ4n) is 3.43. The van der Waals surface area contributed by atoms with Gasteiger partial charge in [-0.15, -0.1) is 0 Å². The number of benzene rings is 1. The van der Waals surface area contributed by atoms with E-state index in [1.54, 1.807) is 0 Å². The summed E-state index contributed by atoms with van der Waals surface area (Å²) in [5, 5.41) is 4.63. The van der Waals surface area contributed by atoms with Gasteiger partial charge in [-0.25, -0.2) is 0 Å². The molecule has 0 bridgehead atoms. The van der Waals surface area contributed by atoms with E-state index in [1.165, 1.54) is 24.9 Å². The van der Waals surface area contributed by atoms with E-state index in [2.05, 4.69) is 10.2 Å². The zero-order chi connectivity index (χ0) is 14.8. The molecule has 116 valence electrons. The van der Waals surface area contributed by atoms with Crippen LogP contribution in [0.3, 0.4) is 0 Å². The van der Waals surface area contributed by atoms with Crippen LogP contribution in [0.5, 0.6) is 0 Å². The summed E-state index contributed by atoms with van der Waals surface area (Å²) in [5.74, 6) is 0. The van der Waals surface area contributed by atoms with Crippen molar-refractivity contribution < 1.29 is 4.74 Å². The molecule has 2 heterocycles. The maximum absolute atomic E-state index is 6.11. The lowest BCUT2D eigenvalue weighted by Gasteiger charge is -2.39. The number of halogens is 2. The van der Waals surface area contributed by atoms with Crippen LogP contribution in [0.4, 0.5) is 0 Å². The number of fused-ring (bicyclic) bond motifs is 1. The quantitative estimate of drug-likeness (QED) is 0.919. The van der Waals surface area contributed by atoms with Crippen molar-refractivity contribution in [3.8, 4) is 0 Å². The molecule has 3 unspecified atom stereocenters. The summed E-state index contributed by atoms with van der Waals surface area (Å²) in [6.07, 6.45) is 3.72. The van der Waals surface area contributed by atoms with Gasteiger partial charge in [-0.1, -0.05) is 29.3 Å². The minimum Gasteiger partial charge on any atom is -0.374 e. The van der Waals surface area contributed by atoms with Crippen LogP contribution >= 0.6 is 23.2 Å². The second-order valence-corrected chi connectivity index (χ2v) is 6.82. The van der Waals surface area contributed by atoms with Crippen molar-refractivity contribution in [2.75, 3.05) is 26.7 Å². The monoisotopic (exact) mass is 328 g/mol. The molecule has 2 aliphatic heterocycles. The smallest absolute Gasteiger partial charge is 0.0858 e. The van der Waals surface area contributed by atoms with E-state index in [1.807, 2.05) is 25.2 Å². The predicted molar refractivity (Wildman–Crippen MR) is 87.3 cm³/mol. The van der Waals surface area contributed by atoms with E-state index in [0.717, 1.165) is 19.6 Å². The van der Waals surface area contributed by atoms with Gasteiger partial charge in [0, 0.05) is 18.6 Å². The standard InChI is InChI=1S/C16H22Cl2N2O/c1-19-15(8-11-4-5-13(17)14(18)7-11)16-9-20-6-2-3-12(20)10-21-16/h4-5,7,12,15-16,19H,2-3,6,8-10H2,1H3. The molecule has 2 aliphatic rings. The molecule has 1 aromatic carbocycles. The zero-order valence-corrected chi connectivity index (χ0v) is 13.8. The number of rotatable bonds is 4. The third-order valence-corrected chi connectivity index (χ3v) is 5.41. The first-order chi connectivity index (χ1) is 10.2. The van der Waals surface area contributed by atoms with Gasteiger partial charge >= 0.3 is 0 Å². The van der Waals surface area contributed by atoms with Gasteiger partial charge in [-0.2, -0.15) is 0 Å². The predicted octanol–water partition coefficient (Wildman–Crippen LogP) is 2.99. The average molecular weight is 329 g/mol. The summed E-state index contributed by atoms with van der Waals surface area (Å²) in [4.78, 5) is 2.58. The second-order valence-electron chi connectivity index (χ2n) is 6.01. The van der Waals surface area contributed by atoms with Gasteiger partial charge < -0.3 is 10.1 Å². The normalized spacial score (nSPS) is 27.6. The lowest BCUT2D eigenvalue weighted by molar-refractivity contribution is -0.0634. The van der Waals surface area contributed by atoms with Crippen LogP contribution in [-0.4, -0.2) is 49.8 Å². The summed E-state index contributed by atoms with van der Waals surface area (Å²) in [7, 11) is 2.00. The van der Waals surface area contributed by atoms with E-state index >= 15 is 0 Å². The molecule has 3 rings (SSSR count). The van der Waals surface area contributed by atoms with Crippen LogP contribution in [0.1, 0.15) is 18.4 Å². The summed E-state index contributed by atoms with van der Waals surface area (Å²) < 4.78 is 6.11. The van der Waals surface area contributed by atoms with Gasteiger partial charge in [0.1, 0.15) is 0 Å². The first kappa shape index (κ1) is 15.6. The van der Waals surface area contributed by atoms with E-state index in [4.69, 9.17) is 27.9 Å². The summed E-state index contributed by atoms with van der Waals surface area (Å²) >= 11 is 12.1. The lowest BCUT2D eigenvalue weighted by atomic mass is 9.99. The fraction of sp³-hybridized carbons (Fsp3) is 0.625. The number of nitrogens with one attached hydrogen (secondary N) is 1. The Labute approximate surface area is 136 Å². The third-order valence-electron chi connectivity index (χ3n) is 4.68. The molecular weight excluding hydrogens is 307 g/mol. The Kier molecular flexibility index (Phi) is 5.07. The Balaban J connectivity index is 1.65. The van der Waals surface area contributed by atoms with Gasteiger partial charge in [0.2, 0.25) is 0 Å². The number of nitrogens with zero attached hydrogens (tertiary/aromatic N) is 1. The van der Waals surface area contributed by atoms with Gasteiger partial charge in [0.15, 0.2) is 0 Å². The van der Waals surface area contributed by atoms with E-state index in [0.29, 0.717) is 22.1 Å². The maximum atomic E-state index is 6.11. The molecule has 3 atom stereocenters. The van der Waals surface area contributed by atoms with Crippen molar-refractivity contribution in [2.24, 2.45) is 0 Å². The van der Waals surface area contributed by atoms with Crippen molar-refractivity contribution in [1.82, 2.24) is 10.2 Å². The van der Waals surface area contributed by atoms with Crippen LogP contribution < -0.4 is 5.32 Å². The van der Waals surface area contributed by atoms with Crippen molar-refractivity contribution in [2.45, 2.75) is 37.5 Å². The average Bonchev–Trinajstić information content (AvgIpc) is 2.95. The topological polar surface area (TPSA) is 24.5 Å². The van der Waals surface area contributed by atoms with Gasteiger partial charge in [-0.3, -0.25) is 4.90 Å². The number of likely N-dealkylation sites (N-methyl/N-ethyl adjacent to an activating group) is 1. The Bertz CT molecular complexity index is 497. The van der Waals surface area contributed by atoms with E-state index < -0.39 is 0 Å². The highest BCUT2D eigenvalue weighted by molar-refractivity contribution is 6.42. The molecular formula is C16H22Cl2N2O. The molecule has 2 saturated heterocycles. The van der Waals surface area contributed by atoms with Crippen molar-refractivity contribution in [3.05, 3.63) is 33.8 Å². The molecule has 0 aliphatic carbocycles. The summed E-state index contributed by atoms with van der Waals surface area (Å²) in [6, 6.07) is 6.80. The first-order valence-electron chi connectivity index (χ1n) is 7.64. The van der Waals surface area contributed by atoms with Crippen LogP contribution in [0.2, 0.25) is 10.0 Å². The SMILES string of the molecule is CNC(Cc1ccc(Cl)c(Cl)c1)C1CN2CCCC2CO1. The molecule has 5 heteroatoms. The molecule has 0 saturated carbocycles. The first-order valence-corrected chi connectivity index (χ1v) is 8.40. The van der Waals surface area contributed by atoms with Gasteiger partial charge in [0.05, 0.1) is 22.8 Å². The number of morpholine rings is 1. The summed E-state index contributed by atoms with van der Waals surface area (Å²) in [5.41, 5.74) is 1.19. The molecule has 1 N–H and O–H groups in total. The third kappa shape index (κ3) is 3.54. The fourth-order valence-corrected chi connectivity index (χ4v) is 3.75. The molecule has 1 aromatic rings. The van der Waals surface area contributed by atoms with Crippen molar-refractivity contribution in [3.63, 3.8) is 0 Å². The molecule has 0 spiro atoms. The minimum atomic E-state index is 0.235. The highest BCUT2D eigenvalue weighted by Gasteiger charge is 2.35.